The number of hydrogen-bond donors (Lipinski definition) is 1. The number of phenols is 1. The molecule has 6 nitrogen and oxygen atoms in total. The van der Waals surface area contributed by atoms with Crippen LogP contribution in [0.3, 0.4) is 0 Å². The van der Waals surface area contributed by atoms with Crippen molar-refractivity contribution in [1.82, 2.24) is 0 Å². The van der Waals surface area contributed by atoms with Crippen molar-refractivity contribution in [3.8, 4) is 5.75 Å². The minimum Gasteiger partial charge on any atom is -0.508 e. The van der Waals surface area contributed by atoms with E-state index in [0.717, 1.165) is 22.4 Å². The molecule has 2 fully saturated rings. The molecule has 2 aliphatic rings. The molecule has 5 rings (SSSR count). The van der Waals surface area contributed by atoms with E-state index in [0.29, 0.717) is 5.69 Å². The zero-order valence-electron chi connectivity index (χ0n) is 17.2. The van der Waals surface area contributed by atoms with Crippen LogP contribution in [-0.2, 0) is 14.4 Å². The van der Waals surface area contributed by atoms with E-state index in [4.69, 9.17) is 4.84 Å². The van der Waals surface area contributed by atoms with Crippen molar-refractivity contribution in [3.63, 3.8) is 0 Å². The fourth-order valence-electron chi connectivity index (χ4n) is 4.52. The Kier molecular flexibility index (Phi) is 4.52. The minimum atomic E-state index is -0.910. The van der Waals surface area contributed by atoms with E-state index in [-0.39, 0.29) is 17.6 Å². The highest BCUT2D eigenvalue weighted by Gasteiger charge is 2.60. The molecule has 0 unspecified atom stereocenters. The summed E-state index contributed by atoms with van der Waals surface area (Å²) < 4.78 is 0. The normalized spacial score (nSPS) is 22.8. The number of fused-ring (bicyclic) bond motifs is 1. The summed E-state index contributed by atoms with van der Waals surface area (Å²) >= 11 is 0. The lowest BCUT2D eigenvalue weighted by atomic mass is 9.90. The first-order chi connectivity index (χ1) is 15.0. The number of hydrogen-bond acceptors (Lipinski definition) is 5. The summed E-state index contributed by atoms with van der Waals surface area (Å²) in [6, 6.07) is 21.3. The van der Waals surface area contributed by atoms with E-state index in [1.807, 2.05) is 62.4 Å². The largest absolute Gasteiger partial charge is 0.508 e. The fraction of sp³-hybridized carbons (Fsp3) is 0.200. The molecule has 3 atom stereocenters. The molecule has 0 aromatic heterocycles. The van der Waals surface area contributed by atoms with Crippen molar-refractivity contribution in [3.05, 3.63) is 89.5 Å². The highest BCUT2D eigenvalue weighted by atomic mass is 16.7. The van der Waals surface area contributed by atoms with Gasteiger partial charge in [-0.3, -0.25) is 14.4 Å². The van der Waals surface area contributed by atoms with E-state index >= 15 is 0 Å². The van der Waals surface area contributed by atoms with Crippen molar-refractivity contribution in [2.24, 2.45) is 5.92 Å². The molecule has 1 N–H and O–H groups in total. The summed E-state index contributed by atoms with van der Waals surface area (Å²) in [5.74, 6) is -1.20. The zero-order chi connectivity index (χ0) is 21.7. The molecule has 2 aliphatic heterocycles. The Hall–Kier alpha value is -3.64. The molecule has 0 saturated carbocycles. The van der Waals surface area contributed by atoms with Gasteiger partial charge in [-0.15, -0.1) is 0 Å². The Morgan fingerprint density at radius 1 is 0.871 bits per heavy atom. The molecular formula is C25H22N2O4. The molecule has 2 heterocycles. The second-order valence-electron chi connectivity index (χ2n) is 8.05. The van der Waals surface area contributed by atoms with E-state index < -0.39 is 18.1 Å². The van der Waals surface area contributed by atoms with Crippen molar-refractivity contribution in [1.29, 1.82) is 0 Å². The van der Waals surface area contributed by atoms with Crippen LogP contribution in [0.15, 0.2) is 72.8 Å². The van der Waals surface area contributed by atoms with Crippen molar-refractivity contribution in [2.45, 2.75) is 26.0 Å². The van der Waals surface area contributed by atoms with Crippen LogP contribution in [0.1, 0.15) is 22.7 Å². The predicted octanol–water partition coefficient (Wildman–Crippen LogP) is 4.06. The molecular weight excluding hydrogens is 392 g/mol. The van der Waals surface area contributed by atoms with E-state index in [1.54, 1.807) is 29.3 Å². The van der Waals surface area contributed by atoms with Gasteiger partial charge in [-0.1, -0.05) is 48.0 Å². The van der Waals surface area contributed by atoms with Crippen LogP contribution < -0.4 is 9.96 Å². The Morgan fingerprint density at radius 2 is 1.58 bits per heavy atom. The van der Waals surface area contributed by atoms with Crippen LogP contribution in [0, 0.1) is 19.8 Å². The van der Waals surface area contributed by atoms with Crippen molar-refractivity contribution in [2.75, 3.05) is 9.96 Å². The van der Waals surface area contributed by atoms with Crippen molar-refractivity contribution >= 4 is 23.2 Å². The maximum atomic E-state index is 13.6. The summed E-state index contributed by atoms with van der Waals surface area (Å²) in [4.78, 5) is 34.4. The number of para-hydroxylation sites is 1. The summed E-state index contributed by atoms with van der Waals surface area (Å²) in [5.41, 5.74) is 4.07. The number of hydroxylamine groups is 1. The number of amides is 2. The minimum absolute atomic E-state index is 0.135. The molecule has 31 heavy (non-hydrogen) atoms. The third-order valence-corrected chi connectivity index (χ3v) is 5.95. The Morgan fingerprint density at radius 3 is 2.26 bits per heavy atom. The van der Waals surface area contributed by atoms with Gasteiger partial charge in [0.15, 0.2) is 6.10 Å². The van der Waals surface area contributed by atoms with E-state index in [2.05, 4.69) is 0 Å². The maximum Gasteiger partial charge on any atom is 0.266 e. The monoisotopic (exact) mass is 414 g/mol. The zero-order valence-corrected chi connectivity index (χ0v) is 17.2. The van der Waals surface area contributed by atoms with Gasteiger partial charge in [-0.05, 0) is 55.3 Å². The van der Waals surface area contributed by atoms with E-state index in [9.17, 15) is 14.7 Å². The standard InChI is InChI=1S/C25H22N2O4/c1-15-8-13-20(16(2)14-15)26-24(29)21-22(17-9-11-19(28)12-10-17)27(31-23(21)25(26)30)18-6-4-3-5-7-18/h3-14,21-23,28H,1-2H3/t21-,22+,23+/m1/s1. The van der Waals surface area contributed by atoms with Crippen LogP contribution in [0.5, 0.6) is 5.75 Å². The fourth-order valence-corrected chi connectivity index (χ4v) is 4.52. The lowest BCUT2D eigenvalue weighted by Crippen LogP contribution is -2.37. The number of nitrogens with zero attached hydrogens (tertiary/aromatic N) is 2. The van der Waals surface area contributed by atoms with Crippen molar-refractivity contribution < 1.29 is 19.5 Å². The highest BCUT2D eigenvalue weighted by Crippen LogP contribution is 2.48. The van der Waals surface area contributed by atoms with Gasteiger partial charge in [0.25, 0.3) is 5.91 Å². The summed E-state index contributed by atoms with van der Waals surface area (Å²) in [7, 11) is 0. The summed E-state index contributed by atoms with van der Waals surface area (Å²) in [6.45, 7) is 3.87. The van der Waals surface area contributed by atoms with Gasteiger partial charge >= 0.3 is 0 Å². The first-order valence-corrected chi connectivity index (χ1v) is 10.2. The topological polar surface area (TPSA) is 70.1 Å². The average Bonchev–Trinajstić information content (AvgIpc) is 3.26. The first-order valence-electron chi connectivity index (χ1n) is 10.2. The lowest BCUT2D eigenvalue weighted by molar-refractivity contribution is -0.126. The van der Waals surface area contributed by atoms with Gasteiger partial charge in [0.05, 0.1) is 17.4 Å². The maximum absolute atomic E-state index is 13.6. The van der Waals surface area contributed by atoms with Crippen LogP contribution in [0.25, 0.3) is 0 Å². The molecule has 3 aromatic carbocycles. The van der Waals surface area contributed by atoms with Crippen LogP contribution >= 0.6 is 0 Å². The quantitative estimate of drug-likeness (QED) is 0.655. The third-order valence-electron chi connectivity index (χ3n) is 5.95. The van der Waals surface area contributed by atoms with Gasteiger partial charge in [-0.25, -0.2) is 9.96 Å². The molecule has 0 radical (unpaired) electrons. The van der Waals surface area contributed by atoms with Crippen LogP contribution in [0.2, 0.25) is 0 Å². The number of phenolic OH excluding ortho intramolecular Hbond substituents is 1. The van der Waals surface area contributed by atoms with Gasteiger partial charge in [0.1, 0.15) is 11.7 Å². The van der Waals surface area contributed by atoms with Gasteiger partial charge < -0.3 is 5.11 Å². The van der Waals surface area contributed by atoms with Crippen LogP contribution in [0.4, 0.5) is 11.4 Å². The molecule has 0 spiro atoms. The molecule has 2 amide bonds. The number of carbonyl (C=O) groups is 2. The smallest absolute Gasteiger partial charge is 0.266 e. The number of benzene rings is 3. The molecule has 6 heteroatoms. The highest BCUT2D eigenvalue weighted by molar-refractivity contribution is 6.24. The third kappa shape index (κ3) is 3.07. The summed E-state index contributed by atoms with van der Waals surface area (Å²) in [6.07, 6.45) is -0.910. The lowest BCUT2D eigenvalue weighted by Gasteiger charge is -2.29. The second kappa shape index (κ2) is 7.25. The number of carbonyl (C=O) groups excluding carboxylic acids is 2. The summed E-state index contributed by atoms with van der Waals surface area (Å²) in [5, 5.41) is 11.4. The predicted molar refractivity (Wildman–Crippen MR) is 117 cm³/mol. The number of rotatable bonds is 3. The SMILES string of the molecule is Cc1ccc(N2C(=O)[C@H]3[C@H](ON(c4ccccc4)[C@H]3c3ccc(O)cc3)C2=O)c(C)c1. The molecule has 3 aromatic rings. The van der Waals surface area contributed by atoms with Gasteiger partial charge in [0, 0.05) is 0 Å². The molecule has 0 aliphatic carbocycles. The number of anilines is 2. The second-order valence-corrected chi connectivity index (χ2v) is 8.05. The molecule has 0 bridgehead atoms. The van der Waals surface area contributed by atoms with Gasteiger partial charge in [-0.2, -0.15) is 0 Å². The van der Waals surface area contributed by atoms with E-state index in [1.165, 1.54) is 4.90 Å². The first kappa shape index (κ1) is 19.3. The molecule has 2 saturated heterocycles. The molecule has 156 valence electrons. The Balaban J connectivity index is 1.59. The Bertz CT molecular complexity index is 1160. The number of imide groups is 1. The average molecular weight is 414 g/mol. The van der Waals surface area contributed by atoms with Crippen LogP contribution in [-0.4, -0.2) is 23.0 Å². The number of aromatic hydroxyl groups is 1. The Labute approximate surface area is 180 Å². The van der Waals surface area contributed by atoms with Gasteiger partial charge in [0.2, 0.25) is 5.91 Å². The number of aryl methyl sites for hydroxylation is 2.